The molecule has 1 aliphatic rings. The van der Waals surface area contributed by atoms with Crippen molar-refractivity contribution in [2.24, 2.45) is 5.73 Å². The molecule has 4 nitrogen and oxygen atoms in total. The van der Waals surface area contributed by atoms with Crippen molar-refractivity contribution in [3.63, 3.8) is 0 Å². The molecule has 2 heterocycles. The molecule has 0 aromatic carbocycles. The quantitative estimate of drug-likeness (QED) is 0.767. The highest BCUT2D eigenvalue weighted by molar-refractivity contribution is 5.85. The van der Waals surface area contributed by atoms with Crippen LogP contribution in [-0.2, 0) is 24.4 Å². The van der Waals surface area contributed by atoms with Gasteiger partial charge in [0.15, 0.2) is 0 Å². The molecule has 0 fully saturated rings. The van der Waals surface area contributed by atoms with Gasteiger partial charge in [0, 0.05) is 19.3 Å². The van der Waals surface area contributed by atoms with Gasteiger partial charge in [-0.3, -0.25) is 0 Å². The summed E-state index contributed by atoms with van der Waals surface area (Å²) in [6, 6.07) is 0. The van der Waals surface area contributed by atoms with Crippen LogP contribution in [0.25, 0.3) is 0 Å². The number of hydrogen-bond acceptors (Lipinski definition) is 3. The second-order valence-corrected chi connectivity index (χ2v) is 2.57. The van der Waals surface area contributed by atoms with Gasteiger partial charge in [-0.25, -0.2) is 4.98 Å². The minimum Gasteiger partial charge on any atom is -0.372 e. The molecular weight excluding hydrogens is 213 g/mol. The molecule has 0 saturated heterocycles. The lowest BCUT2D eigenvalue weighted by molar-refractivity contribution is 0.0806. The van der Waals surface area contributed by atoms with Gasteiger partial charge in [0.25, 0.3) is 0 Å². The van der Waals surface area contributed by atoms with Crippen molar-refractivity contribution < 1.29 is 4.74 Å². The van der Waals surface area contributed by atoms with Gasteiger partial charge in [-0.05, 0) is 0 Å². The summed E-state index contributed by atoms with van der Waals surface area (Å²) < 4.78 is 7.36. The van der Waals surface area contributed by atoms with Crippen molar-refractivity contribution >= 4 is 24.8 Å². The Morgan fingerprint density at radius 1 is 1.54 bits per heavy atom. The minimum atomic E-state index is 0. The average Bonchev–Trinajstić information content (AvgIpc) is 2.47. The first-order valence-electron chi connectivity index (χ1n) is 3.73. The van der Waals surface area contributed by atoms with E-state index >= 15 is 0 Å². The summed E-state index contributed by atoms with van der Waals surface area (Å²) in [5, 5.41) is 0. The van der Waals surface area contributed by atoms with Gasteiger partial charge in [0.2, 0.25) is 0 Å². The topological polar surface area (TPSA) is 53.1 Å². The molecule has 0 atom stereocenters. The third-order valence-corrected chi connectivity index (χ3v) is 1.92. The van der Waals surface area contributed by atoms with Crippen molar-refractivity contribution in [2.45, 2.75) is 19.7 Å². The molecule has 0 unspecified atom stereocenters. The molecule has 76 valence electrons. The monoisotopic (exact) mass is 225 g/mol. The number of nitrogens with zero attached hydrogens (tertiary/aromatic N) is 2. The maximum atomic E-state index is 5.52. The van der Waals surface area contributed by atoms with Crippen LogP contribution >= 0.6 is 24.8 Å². The molecule has 13 heavy (non-hydrogen) atoms. The van der Waals surface area contributed by atoms with Gasteiger partial charge in [-0.1, -0.05) is 0 Å². The highest BCUT2D eigenvalue weighted by atomic mass is 35.5. The number of hydrogen-bond donors (Lipinski definition) is 1. The van der Waals surface area contributed by atoms with Crippen LogP contribution in [0, 0.1) is 0 Å². The van der Waals surface area contributed by atoms with E-state index in [-0.39, 0.29) is 24.8 Å². The number of nitrogens with two attached hydrogens (primary N) is 1. The Hall–Kier alpha value is -0.290. The molecular formula is C7H13Cl2N3O. The summed E-state index contributed by atoms with van der Waals surface area (Å²) in [6.07, 6.45) is 1.82. The Morgan fingerprint density at radius 2 is 2.31 bits per heavy atom. The van der Waals surface area contributed by atoms with E-state index in [4.69, 9.17) is 10.5 Å². The average molecular weight is 226 g/mol. The zero-order valence-corrected chi connectivity index (χ0v) is 8.74. The third-order valence-electron chi connectivity index (χ3n) is 1.92. The predicted molar refractivity (Wildman–Crippen MR) is 54.3 cm³/mol. The van der Waals surface area contributed by atoms with Crippen LogP contribution in [0.1, 0.15) is 11.5 Å². The van der Waals surface area contributed by atoms with Crippen LogP contribution in [0.4, 0.5) is 0 Å². The molecule has 6 heteroatoms. The molecule has 1 aromatic heterocycles. The van der Waals surface area contributed by atoms with E-state index in [0.29, 0.717) is 13.2 Å². The lowest BCUT2D eigenvalue weighted by atomic mass is 10.4. The first kappa shape index (κ1) is 12.7. The molecule has 0 spiro atoms. The summed E-state index contributed by atoms with van der Waals surface area (Å²) in [6.45, 7) is 2.85. The van der Waals surface area contributed by atoms with Crippen LogP contribution in [-0.4, -0.2) is 16.2 Å². The number of imidazole rings is 1. The van der Waals surface area contributed by atoms with E-state index in [9.17, 15) is 0 Å². The van der Waals surface area contributed by atoms with E-state index in [1.807, 2.05) is 6.20 Å². The van der Waals surface area contributed by atoms with Crippen LogP contribution < -0.4 is 5.73 Å². The maximum absolute atomic E-state index is 5.52. The van der Waals surface area contributed by atoms with Crippen molar-refractivity contribution in [1.29, 1.82) is 0 Å². The Balaban J connectivity index is 0.000000720. The van der Waals surface area contributed by atoms with E-state index in [2.05, 4.69) is 9.55 Å². The number of ether oxygens (including phenoxy) is 1. The molecule has 0 radical (unpaired) electrons. The highest BCUT2D eigenvalue weighted by Gasteiger charge is 2.12. The normalized spacial score (nSPS) is 13.9. The van der Waals surface area contributed by atoms with Gasteiger partial charge in [0.1, 0.15) is 12.4 Å². The fourth-order valence-corrected chi connectivity index (χ4v) is 1.32. The zero-order chi connectivity index (χ0) is 7.68. The second kappa shape index (κ2) is 5.44. The molecule has 2 N–H and O–H groups in total. The first-order valence-corrected chi connectivity index (χ1v) is 3.73. The number of rotatable bonds is 1. The van der Waals surface area contributed by atoms with E-state index in [1.54, 1.807) is 0 Å². The molecule has 0 amide bonds. The minimum absolute atomic E-state index is 0. The van der Waals surface area contributed by atoms with Gasteiger partial charge in [-0.15, -0.1) is 24.8 Å². The first-order chi connectivity index (χ1) is 5.42. The number of aromatic nitrogens is 2. The maximum Gasteiger partial charge on any atom is 0.135 e. The molecule has 1 aromatic rings. The zero-order valence-electron chi connectivity index (χ0n) is 7.10. The second-order valence-electron chi connectivity index (χ2n) is 2.57. The molecule has 0 aliphatic carbocycles. The molecule has 0 bridgehead atoms. The van der Waals surface area contributed by atoms with Crippen LogP contribution in [0.15, 0.2) is 6.20 Å². The molecule has 0 saturated carbocycles. The lowest BCUT2D eigenvalue weighted by Crippen LogP contribution is -2.19. The Morgan fingerprint density at radius 3 is 3.00 bits per heavy atom. The Kier molecular flexibility index (Phi) is 5.32. The van der Waals surface area contributed by atoms with E-state index < -0.39 is 0 Å². The van der Waals surface area contributed by atoms with Crippen molar-refractivity contribution in [3.8, 4) is 0 Å². The Labute approximate surface area is 89.3 Å². The van der Waals surface area contributed by atoms with Gasteiger partial charge < -0.3 is 15.0 Å². The van der Waals surface area contributed by atoms with Crippen molar-refractivity contribution in [2.75, 3.05) is 6.61 Å². The predicted octanol–water partition coefficient (Wildman–Crippen LogP) is 0.716. The molecule has 2 rings (SSSR count). The summed E-state index contributed by atoms with van der Waals surface area (Å²) in [4.78, 5) is 4.19. The Bertz CT molecular complexity index is 251. The fourth-order valence-electron chi connectivity index (χ4n) is 1.32. The van der Waals surface area contributed by atoms with Crippen LogP contribution in [0.2, 0.25) is 0 Å². The summed E-state index contributed by atoms with van der Waals surface area (Å²) in [7, 11) is 0. The van der Waals surface area contributed by atoms with Crippen LogP contribution in [0.3, 0.4) is 0 Å². The van der Waals surface area contributed by atoms with Crippen molar-refractivity contribution in [1.82, 2.24) is 9.55 Å². The highest BCUT2D eigenvalue weighted by Crippen LogP contribution is 2.10. The number of halogens is 2. The summed E-state index contributed by atoms with van der Waals surface area (Å²) in [5.74, 6) is 0.997. The summed E-state index contributed by atoms with van der Waals surface area (Å²) in [5.41, 5.74) is 6.62. The van der Waals surface area contributed by atoms with Gasteiger partial charge >= 0.3 is 0 Å². The SMILES string of the molecule is Cl.Cl.NCc1cnc2n1CCOC2. The summed E-state index contributed by atoms with van der Waals surface area (Å²) >= 11 is 0. The van der Waals surface area contributed by atoms with Gasteiger partial charge in [-0.2, -0.15) is 0 Å². The largest absolute Gasteiger partial charge is 0.372 e. The third kappa shape index (κ3) is 2.34. The van der Waals surface area contributed by atoms with E-state index in [1.165, 1.54) is 0 Å². The standard InChI is InChI=1S/C7H11N3O.2ClH/c8-3-6-4-9-7-5-11-2-1-10(6)7;;/h4H,1-3,5,8H2;2*1H. The fraction of sp³-hybridized carbons (Fsp3) is 0.571. The smallest absolute Gasteiger partial charge is 0.135 e. The number of fused-ring (bicyclic) bond motifs is 1. The lowest BCUT2D eigenvalue weighted by Gasteiger charge is -2.16. The van der Waals surface area contributed by atoms with Gasteiger partial charge in [0.05, 0.1) is 12.3 Å². The van der Waals surface area contributed by atoms with Crippen LogP contribution in [0.5, 0.6) is 0 Å². The molecule has 1 aliphatic heterocycles. The van der Waals surface area contributed by atoms with E-state index in [0.717, 1.165) is 24.7 Å². The van der Waals surface area contributed by atoms with Crippen molar-refractivity contribution in [3.05, 3.63) is 17.7 Å².